The Labute approximate surface area is 197 Å². The third-order valence-corrected chi connectivity index (χ3v) is 5.13. The molecule has 3 aromatic carbocycles. The van der Waals surface area contributed by atoms with Gasteiger partial charge in [-0.1, -0.05) is 47.5 Å². The highest BCUT2D eigenvalue weighted by Gasteiger charge is 2.16. The molecule has 1 N–H and O–H groups in total. The van der Waals surface area contributed by atoms with E-state index >= 15 is 0 Å². The van der Waals surface area contributed by atoms with Gasteiger partial charge in [-0.3, -0.25) is 4.79 Å². The standard InChI is InChI=1S/C26H21ClN2O4/c1-16-7-10-19(11-8-16)26(31)33-23-14-18(9-12-22(23)32-3)13-20(15-28)25(30)29-24-17(2)5-4-6-21(24)27/h4-14H,1-3H3,(H,29,30)/b20-13+. The number of anilines is 1. The van der Waals surface area contributed by atoms with Gasteiger partial charge in [-0.2, -0.15) is 5.26 Å². The van der Waals surface area contributed by atoms with Crippen LogP contribution >= 0.6 is 11.6 Å². The molecular weight excluding hydrogens is 440 g/mol. The van der Waals surface area contributed by atoms with Crippen LogP contribution < -0.4 is 14.8 Å². The number of para-hydroxylation sites is 1. The summed E-state index contributed by atoms with van der Waals surface area (Å²) in [4.78, 5) is 25.2. The SMILES string of the molecule is COc1ccc(/C=C(\C#N)C(=O)Nc2c(C)cccc2Cl)cc1OC(=O)c1ccc(C)cc1. The zero-order valence-electron chi connectivity index (χ0n) is 18.3. The quantitative estimate of drug-likeness (QED) is 0.219. The Morgan fingerprint density at radius 3 is 2.39 bits per heavy atom. The lowest BCUT2D eigenvalue weighted by atomic mass is 10.1. The lowest BCUT2D eigenvalue weighted by Crippen LogP contribution is -2.14. The molecule has 3 rings (SSSR count). The monoisotopic (exact) mass is 460 g/mol. The number of nitrogens with zero attached hydrogens (tertiary/aromatic N) is 1. The zero-order chi connectivity index (χ0) is 24.0. The average Bonchev–Trinajstić information content (AvgIpc) is 2.80. The van der Waals surface area contributed by atoms with Crippen LogP contribution in [0, 0.1) is 25.2 Å². The van der Waals surface area contributed by atoms with Crippen molar-refractivity contribution in [3.05, 3.63) is 93.5 Å². The van der Waals surface area contributed by atoms with E-state index in [1.54, 1.807) is 49.4 Å². The molecule has 0 unspecified atom stereocenters. The van der Waals surface area contributed by atoms with Gasteiger partial charge in [-0.15, -0.1) is 0 Å². The summed E-state index contributed by atoms with van der Waals surface area (Å²) in [5.41, 5.74) is 2.94. The Morgan fingerprint density at radius 1 is 1.03 bits per heavy atom. The summed E-state index contributed by atoms with van der Waals surface area (Å²) in [6.07, 6.45) is 1.39. The molecule has 0 bridgehead atoms. The highest BCUT2D eigenvalue weighted by Crippen LogP contribution is 2.30. The smallest absolute Gasteiger partial charge is 0.343 e. The fourth-order valence-corrected chi connectivity index (χ4v) is 3.27. The molecule has 0 heterocycles. The first-order valence-corrected chi connectivity index (χ1v) is 10.4. The Balaban J connectivity index is 1.87. The van der Waals surface area contributed by atoms with Gasteiger partial charge in [0.1, 0.15) is 11.6 Å². The van der Waals surface area contributed by atoms with E-state index in [0.29, 0.717) is 27.6 Å². The van der Waals surface area contributed by atoms with E-state index < -0.39 is 11.9 Å². The van der Waals surface area contributed by atoms with Crippen molar-refractivity contribution in [2.75, 3.05) is 12.4 Å². The number of carbonyl (C=O) groups excluding carboxylic acids is 2. The van der Waals surface area contributed by atoms with Gasteiger partial charge in [0.25, 0.3) is 5.91 Å². The number of methoxy groups -OCH3 is 1. The molecule has 0 fully saturated rings. The number of amides is 1. The van der Waals surface area contributed by atoms with Crippen molar-refractivity contribution in [3.8, 4) is 17.6 Å². The number of hydrogen-bond donors (Lipinski definition) is 1. The minimum Gasteiger partial charge on any atom is -0.493 e. The van der Waals surface area contributed by atoms with Crippen molar-refractivity contribution < 1.29 is 19.1 Å². The number of rotatable bonds is 6. The summed E-state index contributed by atoms with van der Waals surface area (Å²) in [6, 6.07) is 18.8. The van der Waals surface area contributed by atoms with Crippen LogP contribution in [0.3, 0.4) is 0 Å². The Kier molecular flexibility index (Phi) is 7.50. The van der Waals surface area contributed by atoms with Crippen molar-refractivity contribution in [1.82, 2.24) is 0 Å². The molecule has 0 saturated carbocycles. The molecule has 0 spiro atoms. The predicted octanol–water partition coefficient (Wildman–Crippen LogP) is 5.73. The summed E-state index contributed by atoms with van der Waals surface area (Å²) in [5, 5.41) is 12.6. The normalized spacial score (nSPS) is 10.8. The van der Waals surface area contributed by atoms with Gasteiger partial charge in [-0.25, -0.2) is 4.79 Å². The number of benzene rings is 3. The number of halogens is 1. The number of ether oxygens (including phenoxy) is 2. The van der Waals surface area contributed by atoms with E-state index in [-0.39, 0.29) is 11.3 Å². The molecule has 33 heavy (non-hydrogen) atoms. The molecule has 1 amide bonds. The highest BCUT2D eigenvalue weighted by atomic mass is 35.5. The summed E-state index contributed by atoms with van der Waals surface area (Å²) in [7, 11) is 1.45. The second-order valence-electron chi connectivity index (χ2n) is 7.22. The van der Waals surface area contributed by atoms with Crippen LogP contribution in [0.25, 0.3) is 6.08 Å². The highest BCUT2D eigenvalue weighted by molar-refractivity contribution is 6.34. The molecule has 0 atom stereocenters. The molecule has 0 aliphatic heterocycles. The first-order valence-electron chi connectivity index (χ1n) is 9.97. The fraction of sp³-hybridized carbons (Fsp3) is 0.115. The maximum Gasteiger partial charge on any atom is 0.343 e. The predicted molar refractivity (Wildman–Crippen MR) is 128 cm³/mol. The largest absolute Gasteiger partial charge is 0.493 e. The maximum atomic E-state index is 12.7. The second-order valence-corrected chi connectivity index (χ2v) is 7.63. The molecule has 7 heteroatoms. The molecule has 0 aliphatic carbocycles. The van der Waals surface area contributed by atoms with Gasteiger partial charge < -0.3 is 14.8 Å². The van der Waals surface area contributed by atoms with E-state index in [4.69, 9.17) is 21.1 Å². The van der Waals surface area contributed by atoms with Gasteiger partial charge in [0, 0.05) is 0 Å². The number of nitrogens with one attached hydrogen (secondary N) is 1. The molecule has 0 radical (unpaired) electrons. The molecule has 0 saturated heterocycles. The van der Waals surface area contributed by atoms with Crippen LogP contribution in [0.1, 0.15) is 27.0 Å². The van der Waals surface area contributed by atoms with Gasteiger partial charge in [-0.05, 0) is 61.4 Å². The van der Waals surface area contributed by atoms with Gasteiger partial charge in [0.2, 0.25) is 0 Å². The van der Waals surface area contributed by atoms with E-state index in [9.17, 15) is 14.9 Å². The summed E-state index contributed by atoms with van der Waals surface area (Å²) in [6.45, 7) is 3.72. The molecule has 3 aromatic rings. The van der Waals surface area contributed by atoms with Crippen molar-refractivity contribution in [2.45, 2.75) is 13.8 Å². The van der Waals surface area contributed by atoms with Crippen LogP contribution in [0.4, 0.5) is 5.69 Å². The number of hydrogen-bond acceptors (Lipinski definition) is 5. The number of esters is 1. The minimum atomic E-state index is -0.609. The first kappa shape index (κ1) is 23.6. The van der Waals surface area contributed by atoms with Gasteiger partial charge in [0.05, 0.1) is 23.4 Å². The summed E-state index contributed by atoms with van der Waals surface area (Å²) in [5.74, 6) is -0.664. The third kappa shape index (κ3) is 5.79. The van der Waals surface area contributed by atoms with Crippen molar-refractivity contribution in [2.24, 2.45) is 0 Å². The second kappa shape index (κ2) is 10.5. The maximum absolute atomic E-state index is 12.7. The Morgan fingerprint density at radius 2 is 1.76 bits per heavy atom. The van der Waals surface area contributed by atoms with E-state index in [1.807, 2.05) is 25.1 Å². The summed E-state index contributed by atoms with van der Waals surface area (Å²) < 4.78 is 10.8. The minimum absolute atomic E-state index is 0.143. The molecule has 0 aromatic heterocycles. The van der Waals surface area contributed by atoms with Crippen LogP contribution in [0.2, 0.25) is 5.02 Å². The van der Waals surface area contributed by atoms with Crippen LogP contribution in [0.5, 0.6) is 11.5 Å². The van der Waals surface area contributed by atoms with Gasteiger partial charge >= 0.3 is 5.97 Å². The third-order valence-electron chi connectivity index (χ3n) is 4.81. The summed E-state index contributed by atoms with van der Waals surface area (Å²) >= 11 is 6.16. The molecular formula is C26H21ClN2O4. The lowest BCUT2D eigenvalue weighted by molar-refractivity contribution is -0.112. The Bertz CT molecular complexity index is 1250. The van der Waals surface area contributed by atoms with Crippen molar-refractivity contribution in [1.29, 1.82) is 5.26 Å². The average molecular weight is 461 g/mol. The number of aryl methyl sites for hydroxylation is 2. The fourth-order valence-electron chi connectivity index (χ4n) is 3.00. The van der Waals surface area contributed by atoms with E-state index in [0.717, 1.165) is 11.1 Å². The zero-order valence-corrected chi connectivity index (χ0v) is 19.1. The molecule has 0 aliphatic rings. The Hall–Kier alpha value is -4.08. The topological polar surface area (TPSA) is 88.4 Å². The van der Waals surface area contributed by atoms with Crippen molar-refractivity contribution >= 4 is 35.2 Å². The van der Waals surface area contributed by atoms with Crippen LogP contribution in [-0.4, -0.2) is 19.0 Å². The first-order chi connectivity index (χ1) is 15.8. The van der Waals surface area contributed by atoms with Gasteiger partial charge in [0.15, 0.2) is 11.5 Å². The molecule has 6 nitrogen and oxygen atoms in total. The lowest BCUT2D eigenvalue weighted by Gasteiger charge is -2.11. The number of carbonyl (C=O) groups is 2. The van der Waals surface area contributed by atoms with Crippen LogP contribution in [-0.2, 0) is 4.79 Å². The molecule has 166 valence electrons. The van der Waals surface area contributed by atoms with Crippen LogP contribution in [0.15, 0.2) is 66.2 Å². The van der Waals surface area contributed by atoms with Crippen molar-refractivity contribution in [3.63, 3.8) is 0 Å². The number of nitriles is 1. The van der Waals surface area contributed by atoms with E-state index in [2.05, 4.69) is 5.32 Å². The van der Waals surface area contributed by atoms with E-state index in [1.165, 1.54) is 19.3 Å².